The number of likely N-dealkylation sites (N-methyl/N-ethyl adjacent to an activating group) is 1. The minimum atomic E-state index is -1.02. The van der Waals surface area contributed by atoms with Gasteiger partial charge < -0.3 is 14.9 Å². The fourth-order valence-electron chi connectivity index (χ4n) is 2.23. The summed E-state index contributed by atoms with van der Waals surface area (Å²) in [7, 11) is 1.71. The molecule has 0 unspecified atom stereocenters. The van der Waals surface area contributed by atoms with Crippen molar-refractivity contribution in [2.75, 3.05) is 31.6 Å². The molecule has 2 heterocycles. The van der Waals surface area contributed by atoms with Gasteiger partial charge in [-0.3, -0.25) is 9.78 Å². The lowest BCUT2D eigenvalue weighted by Gasteiger charge is -2.23. The van der Waals surface area contributed by atoms with Crippen molar-refractivity contribution in [1.29, 1.82) is 0 Å². The third-order valence-electron chi connectivity index (χ3n) is 3.27. The summed E-state index contributed by atoms with van der Waals surface area (Å²) in [6, 6.07) is 1.44. The van der Waals surface area contributed by atoms with Gasteiger partial charge in [-0.2, -0.15) is 0 Å². The van der Waals surface area contributed by atoms with E-state index in [2.05, 4.69) is 4.98 Å². The first-order valence-electron chi connectivity index (χ1n) is 6.26. The molecule has 1 aliphatic heterocycles. The van der Waals surface area contributed by atoms with Crippen LogP contribution in [0.15, 0.2) is 18.5 Å². The van der Waals surface area contributed by atoms with Gasteiger partial charge in [0, 0.05) is 26.3 Å². The second-order valence-corrected chi connectivity index (χ2v) is 4.64. The number of carboxylic acids is 1. The zero-order chi connectivity index (χ0) is 13.8. The SMILES string of the molecule is CN(CC(=O)N1CCCC1)c1cnccc1C(=O)O. The highest BCUT2D eigenvalue weighted by Crippen LogP contribution is 2.18. The minimum absolute atomic E-state index is 0.0280. The summed E-state index contributed by atoms with van der Waals surface area (Å²) in [6.07, 6.45) is 5.00. The van der Waals surface area contributed by atoms with Crippen LogP contribution in [0.5, 0.6) is 0 Å². The molecule has 0 spiro atoms. The fourth-order valence-corrected chi connectivity index (χ4v) is 2.23. The molecule has 0 radical (unpaired) electrons. The van der Waals surface area contributed by atoms with Gasteiger partial charge in [0.25, 0.3) is 0 Å². The number of aromatic nitrogens is 1. The van der Waals surface area contributed by atoms with Crippen LogP contribution >= 0.6 is 0 Å². The van der Waals surface area contributed by atoms with Crippen LogP contribution in [-0.4, -0.2) is 53.5 Å². The molecule has 1 aliphatic rings. The molecule has 2 rings (SSSR count). The molecule has 1 aromatic heterocycles. The first kappa shape index (κ1) is 13.3. The molecule has 0 saturated carbocycles. The number of carboxylic acid groups (broad SMARTS) is 1. The van der Waals surface area contributed by atoms with Gasteiger partial charge in [-0.1, -0.05) is 0 Å². The lowest BCUT2D eigenvalue weighted by molar-refractivity contribution is -0.128. The Bertz CT molecular complexity index is 484. The van der Waals surface area contributed by atoms with E-state index in [-0.39, 0.29) is 18.0 Å². The van der Waals surface area contributed by atoms with Crippen molar-refractivity contribution in [2.45, 2.75) is 12.8 Å². The Hall–Kier alpha value is -2.11. The fraction of sp³-hybridized carbons (Fsp3) is 0.462. The summed E-state index contributed by atoms with van der Waals surface area (Å²) >= 11 is 0. The third-order valence-corrected chi connectivity index (χ3v) is 3.27. The first-order valence-corrected chi connectivity index (χ1v) is 6.26. The van der Waals surface area contributed by atoms with Gasteiger partial charge in [0.1, 0.15) is 0 Å². The van der Waals surface area contributed by atoms with Gasteiger partial charge in [0.2, 0.25) is 5.91 Å². The number of carbonyl (C=O) groups is 2. The van der Waals surface area contributed by atoms with Crippen molar-refractivity contribution in [3.8, 4) is 0 Å². The molecule has 1 amide bonds. The topological polar surface area (TPSA) is 73.7 Å². The number of amides is 1. The number of hydrogen-bond donors (Lipinski definition) is 1. The first-order chi connectivity index (χ1) is 9.09. The number of rotatable bonds is 4. The van der Waals surface area contributed by atoms with Crippen molar-refractivity contribution in [1.82, 2.24) is 9.88 Å². The van der Waals surface area contributed by atoms with Crippen molar-refractivity contribution < 1.29 is 14.7 Å². The number of pyridine rings is 1. The zero-order valence-corrected chi connectivity index (χ0v) is 10.9. The second kappa shape index (κ2) is 5.69. The van der Waals surface area contributed by atoms with Gasteiger partial charge in [-0.05, 0) is 18.9 Å². The summed E-state index contributed by atoms with van der Waals surface area (Å²) in [5.41, 5.74) is 0.620. The Morgan fingerprint density at radius 2 is 2.11 bits per heavy atom. The summed E-state index contributed by atoms with van der Waals surface area (Å²) in [5, 5.41) is 9.11. The van der Waals surface area contributed by atoms with Gasteiger partial charge in [0.05, 0.1) is 24.0 Å². The van der Waals surface area contributed by atoms with Gasteiger partial charge in [-0.25, -0.2) is 4.79 Å². The van der Waals surface area contributed by atoms with E-state index < -0.39 is 5.97 Å². The van der Waals surface area contributed by atoms with Crippen LogP contribution in [0.4, 0.5) is 5.69 Å². The molecule has 1 N–H and O–H groups in total. The molecule has 19 heavy (non-hydrogen) atoms. The smallest absolute Gasteiger partial charge is 0.337 e. The van der Waals surface area contributed by atoms with Gasteiger partial charge in [0.15, 0.2) is 0 Å². The maximum Gasteiger partial charge on any atom is 0.337 e. The number of nitrogens with zero attached hydrogens (tertiary/aromatic N) is 3. The highest BCUT2D eigenvalue weighted by Gasteiger charge is 2.21. The predicted octanol–water partition coefficient (Wildman–Crippen LogP) is 0.838. The van der Waals surface area contributed by atoms with Crippen molar-refractivity contribution in [3.63, 3.8) is 0 Å². The lowest BCUT2D eigenvalue weighted by Crippen LogP contribution is -2.37. The molecule has 0 aromatic carbocycles. The molecule has 6 nitrogen and oxygen atoms in total. The third kappa shape index (κ3) is 3.01. The molecule has 1 aromatic rings. The average molecular weight is 263 g/mol. The Balaban J connectivity index is 2.09. The molecule has 102 valence electrons. The Morgan fingerprint density at radius 3 is 2.74 bits per heavy atom. The van der Waals surface area contributed by atoms with Crippen LogP contribution in [0.3, 0.4) is 0 Å². The monoisotopic (exact) mass is 263 g/mol. The van der Waals surface area contributed by atoms with Crippen LogP contribution in [0, 0.1) is 0 Å². The maximum atomic E-state index is 12.0. The molecule has 0 bridgehead atoms. The summed E-state index contributed by atoms with van der Waals surface area (Å²) in [6.45, 7) is 1.77. The highest BCUT2D eigenvalue weighted by atomic mass is 16.4. The number of aromatic carboxylic acids is 1. The number of hydrogen-bond acceptors (Lipinski definition) is 4. The summed E-state index contributed by atoms with van der Waals surface area (Å²) in [5.74, 6) is -0.988. The van der Waals surface area contributed by atoms with Crippen LogP contribution in [-0.2, 0) is 4.79 Å². The Morgan fingerprint density at radius 1 is 1.42 bits per heavy atom. The van der Waals surface area contributed by atoms with Gasteiger partial charge >= 0.3 is 5.97 Å². The molecular formula is C13H17N3O3. The Labute approximate surface area is 111 Å². The van der Waals surface area contributed by atoms with Crippen LogP contribution in [0.2, 0.25) is 0 Å². The molecule has 0 aliphatic carbocycles. The molecular weight excluding hydrogens is 246 g/mol. The van der Waals surface area contributed by atoms with Crippen LogP contribution in [0.1, 0.15) is 23.2 Å². The van der Waals surface area contributed by atoms with E-state index in [1.807, 2.05) is 4.90 Å². The highest BCUT2D eigenvalue weighted by molar-refractivity contribution is 5.95. The number of carbonyl (C=O) groups excluding carboxylic acids is 1. The number of anilines is 1. The van der Waals surface area contributed by atoms with E-state index in [9.17, 15) is 9.59 Å². The average Bonchev–Trinajstić information content (AvgIpc) is 2.92. The second-order valence-electron chi connectivity index (χ2n) is 4.64. The lowest BCUT2D eigenvalue weighted by atomic mass is 10.2. The van der Waals surface area contributed by atoms with Crippen LogP contribution < -0.4 is 4.90 Å². The quantitative estimate of drug-likeness (QED) is 0.871. The van der Waals surface area contributed by atoms with Crippen molar-refractivity contribution in [3.05, 3.63) is 24.0 Å². The Kier molecular flexibility index (Phi) is 3.99. The van der Waals surface area contributed by atoms with E-state index >= 15 is 0 Å². The van der Waals surface area contributed by atoms with Crippen molar-refractivity contribution >= 4 is 17.6 Å². The largest absolute Gasteiger partial charge is 0.478 e. The van der Waals surface area contributed by atoms with E-state index in [1.54, 1.807) is 11.9 Å². The summed E-state index contributed by atoms with van der Waals surface area (Å²) in [4.78, 5) is 30.5. The van der Waals surface area contributed by atoms with E-state index in [0.29, 0.717) is 5.69 Å². The molecule has 1 fully saturated rings. The van der Waals surface area contributed by atoms with E-state index in [1.165, 1.54) is 18.5 Å². The predicted molar refractivity (Wildman–Crippen MR) is 70.3 cm³/mol. The molecule has 1 saturated heterocycles. The standard InChI is InChI=1S/C13H17N3O3/c1-15(9-12(17)16-6-2-3-7-16)11-8-14-5-4-10(11)13(18)19/h4-5,8H,2-3,6-7,9H2,1H3,(H,18,19). The molecule has 6 heteroatoms. The summed E-state index contributed by atoms with van der Waals surface area (Å²) < 4.78 is 0. The van der Waals surface area contributed by atoms with E-state index in [4.69, 9.17) is 5.11 Å². The number of likely N-dealkylation sites (tertiary alicyclic amines) is 1. The van der Waals surface area contributed by atoms with Gasteiger partial charge in [-0.15, -0.1) is 0 Å². The minimum Gasteiger partial charge on any atom is -0.478 e. The van der Waals surface area contributed by atoms with Crippen LogP contribution in [0.25, 0.3) is 0 Å². The normalized spacial score (nSPS) is 14.5. The maximum absolute atomic E-state index is 12.0. The molecule has 0 atom stereocenters. The van der Waals surface area contributed by atoms with E-state index in [0.717, 1.165) is 25.9 Å². The van der Waals surface area contributed by atoms with Crippen molar-refractivity contribution in [2.24, 2.45) is 0 Å². The zero-order valence-electron chi connectivity index (χ0n) is 10.9.